The summed E-state index contributed by atoms with van der Waals surface area (Å²) in [5, 5.41) is 3.89. The Kier molecular flexibility index (Phi) is 5.47. The van der Waals surface area contributed by atoms with Crippen LogP contribution in [0.5, 0.6) is 5.75 Å². The van der Waals surface area contributed by atoms with Gasteiger partial charge in [-0.05, 0) is 43.6 Å². The molecule has 4 atom stereocenters. The van der Waals surface area contributed by atoms with Crippen molar-refractivity contribution in [2.45, 2.75) is 58.5 Å². The normalized spacial score (nSPS) is 28.1. The van der Waals surface area contributed by atoms with Crippen molar-refractivity contribution in [3.8, 4) is 5.75 Å². The van der Waals surface area contributed by atoms with E-state index in [4.69, 9.17) is 4.74 Å². The van der Waals surface area contributed by atoms with Crippen LogP contribution in [-0.4, -0.2) is 13.2 Å². The fourth-order valence-electron chi connectivity index (χ4n) is 3.55. The number of methoxy groups -OCH3 is 1. The third kappa shape index (κ3) is 3.54. The van der Waals surface area contributed by atoms with Gasteiger partial charge in [-0.1, -0.05) is 39.0 Å². The lowest BCUT2D eigenvalue weighted by molar-refractivity contribution is 0.211. The van der Waals surface area contributed by atoms with E-state index < -0.39 is 0 Å². The molecule has 0 saturated heterocycles. The summed E-state index contributed by atoms with van der Waals surface area (Å²) in [6.07, 6.45) is 5.09. The van der Waals surface area contributed by atoms with Gasteiger partial charge in [-0.3, -0.25) is 0 Å². The molecule has 1 aromatic carbocycles. The van der Waals surface area contributed by atoms with Gasteiger partial charge in [0.1, 0.15) is 5.75 Å². The molecule has 1 aliphatic rings. The van der Waals surface area contributed by atoms with E-state index in [-0.39, 0.29) is 0 Å². The predicted molar refractivity (Wildman–Crippen MR) is 85.1 cm³/mol. The number of para-hydroxylation sites is 1. The second kappa shape index (κ2) is 7.12. The molecule has 2 rings (SSSR count). The van der Waals surface area contributed by atoms with E-state index >= 15 is 0 Å². The van der Waals surface area contributed by atoms with Crippen LogP contribution in [0.1, 0.15) is 58.1 Å². The topological polar surface area (TPSA) is 21.3 Å². The third-order valence-corrected chi connectivity index (χ3v) is 4.77. The molecule has 0 aliphatic heterocycles. The van der Waals surface area contributed by atoms with E-state index in [0.29, 0.717) is 12.1 Å². The Morgan fingerprint density at radius 1 is 1.25 bits per heavy atom. The van der Waals surface area contributed by atoms with Gasteiger partial charge in [0.2, 0.25) is 0 Å². The first-order valence-electron chi connectivity index (χ1n) is 8.04. The van der Waals surface area contributed by atoms with Crippen molar-refractivity contribution < 1.29 is 4.74 Å². The van der Waals surface area contributed by atoms with E-state index in [9.17, 15) is 0 Å². The molecule has 20 heavy (non-hydrogen) atoms. The van der Waals surface area contributed by atoms with Crippen molar-refractivity contribution in [3.63, 3.8) is 0 Å². The van der Waals surface area contributed by atoms with E-state index in [1.54, 1.807) is 7.11 Å². The van der Waals surface area contributed by atoms with Gasteiger partial charge in [0.25, 0.3) is 0 Å². The third-order valence-electron chi connectivity index (χ3n) is 4.77. The minimum Gasteiger partial charge on any atom is -0.496 e. The molecular weight excluding hydrogens is 246 g/mol. The van der Waals surface area contributed by atoms with Crippen molar-refractivity contribution in [1.29, 1.82) is 0 Å². The lowest BCUT2D eigenvalue weighted by atomic mass is 9.79. The van der Waals surface area contributed by atoms with Crippen molar-refractivity contribution in [2.75, 3.05) is 7.11 Å². The standard InChI is InChI=1S/C18H29NO/c1-5-16(15-8-6-7-9-18(15)20-4)19-17-11-10-13(2)12-14(17)3/h6-9,13-14,16-17,19H,5,10-12H2,1-4H3. The highest BCUT2D eigenvalue weighted by molar-refractivity contribution is 5.35. The summed E-state index contributed by atoms with van der Waals surface area (Å²) in [6, 6.07) is 9.43. The molecule has 1 aliphatic carbocycles. The summed E-state index contributed by atoms with van der Waals surface area (Å²) in [6.45, 7) is 7.02. The molecule has 4 unspecified atom stereocenters. The zero-order valence-electron chi connectivity index (χ0n) is 13.4. The van der Waals surface area contributed by atoms with Crippen molar-refractivity contribution in [3.05, 3.63) is 29.8 Å². The van der Waals surface area contributed by atoms with Gasteiger partial charge in [0.15, 0.2) is 0 Å². The average Bonchev–Trinajstić information content (AvgIpc) is 2.46. The minimum absolute atomic E-state index is 0.395. The minimum atomic E-state index is 0.395. The van der Waals surface area contributed by atoms with Gasteiger partial charge in [-0.25, -0.2) is 0 Å². The van der Waals surface area contributed by atoms with E-state index in [0.717, 1.165) is 24.0 Å². The Morgan fingerprint density at radius 2 is 2.00 bits per heavy atom. The highest BCUT2D eigenvalue weighted by atomic mass is 16.5. The summed E-state index contributed by atoms with van der Waals surface area (Å²) >= 11 is 0. The molecule has 0 spiro atoms. The number of ether oxygens (including phenoxy) is 1. The summed E-state index contributed by atoms with van der Waals surface area (Å²) in [7, 11) is 1.76. The van der Waals surface area contributed by atoms with Gasteiger partial charge in [0, 0.05) is 17.6 Å². The summed E-state index contributed by atoms with van der Waals surface area (Å²) in [5.74, 6) is 2.65. The molecule has 1 saturated carbocycles. The smallest absolute Gasteiger partial charge is 0.123 e. The number of benzene rings is 1. The van der Waals surface area contributed by atoms with E-state index in [1.165, 1.54) is 24.8 Å². The molecule has 0 heterocycles. The quantitative estimate of drug-likeness (QED) is 0.850. The monoisotopic (exact) mass is 275 g/mol. The van der Waals surface area contributed by atoms with Crippen LogP contribution in [0.25, 0.3) is 0 Å². The van der Waals surface area contributed by atoms with Crippen LogP contribution in [0.2, 0.25) is 0 Å². The van der Waals surface area contributed by atoms with E-state index in [1.807, 2.05) is 6.07 Å². The van der Waals surface area contributed by atoms with E-state index in [2.05, 4.69) is 44.3 Å². The molecule has 1 fully saturated rings. The summed E-state index contributed by atoms with van der Waals surface area (Å²) in [4.78, 5) is 0. The highest BCUT2D eigenvalue weighted by Gasteiger charge is 2.27. The second-order valence-electron chi connectivity index (χ2n) is 6.37. The molecule has 0 radical (unpaired) electrons. The molecule has 112 valence electrons. The largest absolute Gasteiger partial charge is 0.496 e. The molecule has 0 amide bonds. The lowest BCUT2D eigenvalue weighted by Crippen LogP contribution is -2.41. The van der Waals surface area contributed by atoms with Crippen molar-refractivity contribution in [2.24, 2.45) is 11.8 Å². The number of hydrogen-bond acceptors (Lipinski definition) is 2. The first-order valence-corrected chi connectivity index (χ1v) is 8.04. The molecule has 0 aromatic heterocycles. The zero-order valence-corrected chi connectivity index (χ0v) is 13.4. The maximum Gasteiger partial charge on any atom is 0.123 e. The first kappa shape index (κ1) is 15.4. The molecular formula is C18H29NO. The predicted octanol–water partition coefficient (Wildman–Crippen LogP) is 4.56. The van der Waals surface area contributed by atoms with Gasteiger partial charge in [-0.2, -0.15) is 0 Å². The second-order valence-corrected chi connectivity index (χ2v) is 6.37. The van der Waals surface area contributed by atoms with Crippen LogP contribution < -0.4 is 10.1 Å². The SMILES string of the molecule is CCC(NC1CCC(C)CC1C)c1ccccc1OC. The van der Waals surface area contributed by atoms with Crippen LogP contribution in [0.15, 0.2) is 24.3 Å². The number of hydrogen-bond donors (Lipinski definition) is 1. The summed E-state index contributed by atoms with van der Waals surface area (Å²) in [5.41, 5.74) is 1.29. The van der Waals surface area contributed by atoms with Gasteiger partial charge < -0.3 is 10.1 Å². The first-order chi connectivity index (χ1) is 9.65. The molecule has 1 N–H and O–H groups in total. The molecule has 2 nitrogen and oxygen atoms in total. The Labute approximate surface area is 123 Å². The molecule has 2 heteroatoms. The maximum atomic E-state index is 5.52. The Bertz CT molecular complexity index is 418. The van der Waals surface area contributed by atoms with Crippen molar-refractivity contribution >= 4 is 0 Å². The van der Waals surface area contributed by atoms with Crippen LogP contribution in [-0.2, 0) is 0 Å². The zero-order chi connectivity index (χ0) is 14.5. The van der Waals surface area contributed by atoms with Crippen LogP contribution in [0.3, 0.4) is 0 Å². The fourth-order valence-corrected chi connectivity index (χ4v) is 3.55. The van der Waals surface area contributed by atoms with Crippen LogP contribution in [0.4, 0.5) is 0 Å². The maximum absolute atomic E-state index is 5.52. The average molecular weight is 275 g/mol. The highest BCUT2D eigenvalue weighted by Crippen LogP contribution is 2.33. The Morgan fingerprint density at radius 3 is 2.65 bits per heavy atom. The lowest BCUT2D eigenvalue weighted by Gasteiger charge is -2.36. The fraction of sp³-hybridized carbons (Fsp3) is 0.667. The van der Waals surface area contributed by atoms with Gasteiger partial charge >= 0.3 is 0 Å². The Hall–Kier alpha value is -1.02. The van der Waals surface area contributed by atoms with Crippen LogP contribution in [0, 0.1) is 11.8 Å². The molecule has 0 bridgehead atoms. The Balaban J connectivity index is 2.09. The van der Waals surface area contributed by atoms with Gasteiger partial charge in [0.05, 0.1) is 7.11 Å². The number of nitrogens with one attached hydrogen (secondary N) is 1. The van der Waals surface area contributed by atoms with Crippen LogP contribution >= 0.6 is 0 Å². The number of rotatable bonds is 5. The molecule has 1 aromatic rings. The van der Waals surface area contributed by atoms with Gasteiger partial charge in [-0.15, -0.1) is 0 Å². The summed E-state index contributed by atoms with van der Waals surface area (Å²) < 4.78 is 5.52. The van der Waals surface area contributed by atoms with Crippen molar-refractivity contribution in [1.82, 2.24) is 5.32 Å².